The number of sulfonamides is 1. The maximum absolute atomic E-state index is 11.3. The van der Waals surface area contributed by atoms with E-state index < -0.39 is 10.0 Å². The molecule has 0 heterocycles. The van der Waals surface area contributed by atoms with Gasteiger partial charge in [-0.25, -0.2) is 13.6 Å². The number of likely N-dealkylation sites (N-methyl/N-ethyl adjacent to an activating group) is 1. The molecule has 6 heteroatoms. The number of nitrogens with two attached hydrogens (primary N) is 1. The molecule has 5 nitrogen and oxygen atoms in total. The molecular weight excluding hydrogens is 226 g/mol. The van der Waals surface area contributed by atoms with E-state index in [0.29, 0.717) is 12.2 Å². The van der Waals surface area contributed by atoms with E-state index >= 15 is 0 Å². The quantitative estimate of drug-likeness (QED) is 0.780. The minimum absolute atomic E-state index is 0.133. The Hall–Kier alpha value is -1.11. The Morgan fingerprint density at radius 3 is 2.50 bits per heavy atom. The molecule has 1 aromatic carbocycles. The van der Waals surface area contributed by atoms with Gasteiger partial charge in [0.15, 0.2) is 0 Å². The Balaban J connectivity index is 2.80. The number of hydrogen-bond acceptors (Lipinski definition) is 4. The molecule has 0 aliphatic heterocycles. The summed E-state index contributed by atoms with van der Waals surface area (Å²) in [7, 11) is 0.243. The molecule has 16 heavy (non-hydrogen) atoms. The second kappa shape index (κ2) is 5.29. The summed E-state index contributed by atoms with van der Waals surface area (Å²) in [6.45, 7) is 1.48. The monoisotopic (exact) mass is 243 g/mol. The van der Waals surface area contributed by atoms with Crippen molar-refractivity contribution in [3.8, 4) is 0 Å². The molecule has 0 fully saturated rings. The van der Waals surface area contributed by atoms with Crippen LogP contribution in [-0.4, -0.2) is 40.5 Å². The van der Waals surface area contributed by atoms with Crippen molar-refractivity contribution in [2.45, 2.75) is 4.90 Å². The van der Waals surface area contributed by atoms with E-state index in [-0.39, 0.29) is 4.90 Å². The smallest absolute Gasteiger partial charge is 0.240 e. The van der Waals surface area contributed by atoms with Crippen LogP contribution in [0.2, 0.25) is 0 Å². The Morgan fingerprint density at radius 2 is 1.94 bits per heavy atom. The van der Waals surface area contributed by atoms with Crippen LogP contribution in [0.1, 0.15) is 0 Å². The fourth-order valence-electron chi connectivity index (χ4n) is 1.27. The van der Waals surface area contributed by atoms with Crippen molar-refractivity contribution in [2.75, 3.05) is 32.5 Å². The summed E-state index contributed by atoms with van der Waals surface area (Å²) in [5, 5.41) is 8.16. The summed E-state index contributed by atoms with van der Waals surface area (Å²) < 4.78 is 22.6. The van der Waals surface area contributed by atoms with E-state index in [1.807, 2.05) is 19.0 Å². The van der Waals surface area contributed by atoms with Crippen LogP contribution in [-0.2, 0) is 10.0 Å². The summed E-state index contributed by atoms with van der Waals surface area (Å²) in [6.07, 6.45) is 0. The largest absolute Gasteiger partial charge is 0.383 e. The van der Waals surface area contributed by atoms with Crippen molar-refractivity contribution in [1.29, 1.82) is 0 Å². The fraction of sp³-hybridized carbons (Fsp3) is 0.400. The lowest BCUT2D eigenvalue weighted by atomic mass is 10.3. The zero-order valence-corrected chi connectivity index (χ0v) is 10.3. The van der Waals surface area contributed by atoms with E-state index in [1.165, 1.54) is 6.07 Å². The van der Waals surface area contributed by atoms with Gasteiger partial charge in [-0.15, -0.1) is 0 Å². The third kappa shape index (κ3) is 3.80. The van der Waals surface area contributed by atoms with Crippen molar-refractivity contribution in [3.05, 3.63) is 24.3 Å². The summed E-state index contributed by atoms with van der Waals surface area (Å²) in [6, 6.07) is 6.62. The van der Waals surface area contributed by atoms with Gasteiger partial charge in [-0.05, 0) is 26.2 Å². The first kappa shape index (κ1) is 13.0. The van der Waals surface area contributed by atoms with Crippen LogP contribution >= 0.6 is 0 Å². The molecule has 0 radical (unpaired) electrons. The topological polar surface area (TPSA) is 75.4 Å². The second-order valence-electron chi connectivity index (χ2n) is 3.77. The lowest BCUT2D eigenvalue weighted by molar-refractivity contribution is 0.425. The molecule has 0 atom stereocenters. The summed E-state index contributed by atoms with van der Waals surface area (Å²) in [5.41, 5.74) is 0.548. The van der Waals surface area contributed by atoms with Crippen LogP contribution in [0.5, 0.6) is 0 Å². The summed E-state index contributed by atoms with van der Waals surface area (Å²) in [5.74, 6) is 0. The number of primary sulfonamides is 1. The number of hydrogen-bond donors (Lipinski definition) is 2. The van der Waals surface area contributed by atoms with Crippen molar-refractivity contribution < 1.29 is 8.42 Å². The molecular formula is C10H17N3O2S. The highest BCUT2D eigenvalue weighted by molar-refractivity contribution is 7.89. The lowest BCUT2D eigenvalue weighted by Crippen LogP contribution is -2.22. The zero-order valence-electron chi connectivity index (χ0n) is 9.47. The van der Waals surface area contributed by atoms with Gasteiger partial charge in [0.25, 0.3) is 0 Å². The zero-order chi connectivity index (χ0) is 12.2. The van der Waals surface area contributed by atoms with Crippen molar-refractivity contribution in [2.24, 2.45) is 5.14 Å². The minimum Gasteiger partial charge on any atom is -0.383 e. The SMILES string of the molecule is CN(C)CCNc1ccccc1S(N)(=O)=O. The molecule has 0 saturated heterocycles. The maximum atomic E-state index is 11.3. The highest BCUT2D eigenvalue weighted by atomic mass is 32.2. The normalized spacial score (nSPS) is 11.8. The average Bonchev–Trinajstić information content (AvgIpc) is 2.16. The van der Waals surface area contributed by atoms with E-state index in [9.17, 15) is 8.42 Å². The Morgan fingerprint density at radius 1 is 1.31 bits per heavy atom. The Kier molecular flexibility index (Phi) is 4.28. The second-order valence-corrected chi connectivity index (χ2v) is 5.30. The van der Waals surface area contributed by atoms with E-state index in [4.69, 9.17) is 5.14 Å². The van der Waals surface area contributed by atoms with Crippen LogP contribution < -0.4 is 10.5 Å². The third-order valence-electron chi connectivity index (χ3n) is 2.07. The molecule has 0 bridgehead atoms. The van der Waals surface area contributed by atoms with Crippen molar-refractivity contribution in [3.63, 3.8) is 0 Å². The van der Waals surface area contributed by atoms with Crippen LogP contribution in [0.3, 0.4) is 0 Å². The standard InChI is InChI=1S/C10H17N3O2S/c1-13(2)8-7-12-9-5-3-4-6-10(9)16(11,14)15/h3-6,12H,7-8H2,1-2H3,(H2,11,14,15). The predicted molar refractivity (Wildman–Crippen MR) is 64.9 cm³/mol. The maximum Gasteiger partial charge on any atom is 0.240 e. The Labute approximate surface area is 96.3 Å². The predicted octanol–water partition coefficient (Wildman–Crippen LogP) is 0.308. The molecule has 0 aliphatic carbocycles. The van der Waals surface area contributed by atoms with Gasteiger partial charge in [-0.1, -0.05) is 12.1 Å². The van der Waals surface area contributed by atoms with Crippen LogP contribution in [0.15, 0.2) is 29.2 Å². The van der Waals surface area contributed by atoms with Gasteiger partial charge >= 0.3 is 0 Å². The first-order valence-electron chi connectivity index (χ1n) is 4.91. The van der Waals surface area contributed by atoms with Crippen molar-refractivity contribution >= 4 is 15.7 Å². The molecule has 0 amide bonds. The summed E-state index contributed by atoms with van der Waals surface area (Å²) >= 11 is 0. The first-order chi connectivity index (χ1) is 7.41. The molecule has 1 rings (SSSR count). The molecule has 0 aliphatic rings. The number of nitrogens with one attached hydrogen (secondary N) is 1. The molecule has 0 spiro atoms. The van der Waals surface area contributed by atoms with Gasteiger partial charge in [0.1, 0.15) is 4.90 Å². The van der Waals surface area contributed by atoms with Crippen LogP contribution in [0.25, 0.3) is 0 Å². The molecule has 3 N–H and O–H groups in total. The van der Waals surface area contributed by atoms with Gasteiger partial charge in [-0.3, -0.25) is 0 Å². The number of para-hydroxylation sites is 1. The number of nitrogens with zero attached hydrogens (tertiary/aromatic N) is 1. The number of anilines is 1. The molecule has 1 aromatic rings. The molecule has 0 unspecified atom stereocenters. The van der Waals surface area contributed by atoms with Crippen LogP contribution in [0, 0.1) is 0 Å². The van der Waals surface area contributed by atoms with E-state index in [1.54, 1.807) is 18.2 Å². The minimum atomic E-state index is -3.66. The van der Waals surface area contributed by atoms with E-state index in [0.717, 1.165) is 6.54 Å². The number of benzene rings is 1. The highest BCUT2D eigenvalue weighted by Crippen LogP contribution is 2.18. The third-order valence-corrected chi connectivity index (χ3v) is 3.04. The molecule has 90 valence electrons. The van der Waals surface area contributed by atoms with Gasteiger partial charge < -0.3 is 10.2 Å². The highest BCUT2D eigenvalue weighted by Gasteiger charge is 2.12. The summed E-state index contributed by atoms with van der Waals surface area (Å²) in [4.78, 5) is 2.14. The molecule has 0 saturated carbocycles. The fourth-order valence-corrected chi connectivity index (χ4v) is 1.99. The first-order valence-corrected chi connectivity index (χ1v) is 6.46. The van der Waals surface area contributed by atoms with Gasteiger partial charge in [0.05, 0.1) is 5.69 Å². The van der Waals surface area contributed by atoms with Gasteiger partial charge in [-0.2, -0.15) is 0 Å². The van der Waals surface area contributed by atoms with Gasteiger partial charge in [0.2, 0.25) is 10.0 Å². The molecule has 0 aromatic heterocycles. The van der Waals surface area contributed by atoms with Crippen molar-refractivity contribution in [1.82, 2.24) is 4.90 Å². The average molecular weight is 243 g/mol. The van der Waals surface area contributed by atoms with E-state index in [2.05, 4.69) is 5.32 Å². The number of rotatable bonds is 5. The Bertz CT molecular complexity index is 443. The lowest BCUT2D eigenvalue weighted by Gasteiger charge is -2.13. The van der Waals surface area contributed by atoms with Crippen LogP contribution in [0.4, 0.5) is 5.69 Å². The van der Waals surface area contributed by atoms with Gasteiger partial charge in [0, 0.05) is 13.1 Å².